The highest BCUT2D eigenvalue weighted by atomic mass is 127. The summed E-state index contributed by atoms with van der Waals surface area (Å²) in [6.45, 7) is 3.28. The maximum Gasteiger partial charge on any atom is 0.191 e. The second-order valence-corrected chi connectivity index (χ2v) is 6.05. The van der Waals surface area contributed by atoms with E-state index >= 15 is 0 Å². The molecule has 0 radical (unpaired) electrons. The van der Waals surface area contributed by atoms with Gasteiger partial charge in [-0.3, -0.25) is 4.99 Å². The van der Waals surface area contributed by atoms with Crippen molar-refractivity contribution in [2.45, 2.75) is 26.1 Å². The number of hydrogen-bond donors (Lipinski definition) is 2. The molecule has 0 spiro atoms. The van der Waals surface area contributed by atoms with Crippen molar-refractivity contribution in [2.24, 2.45) is 4.99 Å². The Morgan fingerprint density at radius 1 is 1.00 bits per heavy atom. The third-order valence-electron chi connectivity index (χ3n) is 4.25. The zero-order chi connectivity index (χ0) is 18.0. The first-order valence-electron chi connectivity index (χ1n) is 8.94. The summed E-state index contributed by atoms with van der Waals surface area (Å²) in [5, 5.41) is 6.67. The number of aliphatic imine (C=N–C) groups is 1. The smallest absolute Gasteiger partial charge is 0.191 e. The summed E-state index contributed by atoms with van der Waals surface area (Å²) in [5.41, 5.74) is 1.34. The molecule has 3 aromatic rings. The van der Waals surface area contributed by atoms with E-state index in [1.54, 1.807) is 7.05 Å². The molecule has 2 heterocycles. The highest BCUT2D eigenvalue weighted by molar-refractivity contribution is 14.0. The van der Waals surface area contributed by atoms with Crippen molar-refractivity contribution in [3.8, 4) is 0 Å². The summed E-state index contributed by atoms with van der Waals surface area (Å²) in [7, 11) is 1.78. The molecule has 2 N–H and O–H groups in total. The Labute approximate surface area is 177 Å². The number of guanidine groups is 1. The fourth-order valence-electron chi connectivity index (χ4n) is 2.81. The molecule has 7 heteroatoms. The third-order valence-corrected chi connectivity index (χ3v) is 4.25. The summed E-state index contributed by atoms with van der Waals surface area (Å²) >= 11 is 0. The van der Waals surface area contributed by atoms with Gasteiger partial charge in [0.15, 0.2) is 5.96 Å². The Morgan fingerprint density at radius 3 is 2.52 bits per heavy atom. The van der Waals surface area contributed by atoms with Crippen LogP contribution in [-0.4, -0.2) is 33.7 Å². The Morgan fingerprint density at radius 2 is 1.78 bits per heavy atom. The van der Waals surface area contributed by atoms with Gasteiger partial charge in [-0.25, -0.2) is 4.98 Å². The van der Waals surface area contributed by atoms with E-state index in [1.807, 2.05) is 30.6 Å². The number of imidazole rings is 1. The largest absolute Gasteiger partial charge is 0.355 e. The molecule has 6 nitrogen and oxygen atoms in total. The molecule has 27 heavy (non-hydrogen) atoms. The second-order valence-electron chi connectivity index (χ2n) is 6.05. The van der Waals surface area contributed by atoms with E-state index in [-0.39, 0.29) is 24.0 Å². The topological polar surface area (TPSA) is 59.2 Å². The van der Waals surface area contributed by atoms with Gasteiger partial charge in [0.25, 0.3) is 0 Å². The minimum Gasteiger partial charge on any atom is -0.355 e. The van der Waals surface area contributed by atoms with Crippen LogP contribution in [0.3, 0.4) is 0 Å². The quantitative estimate of drug-likeness (QED) is 0.298. The van der Waals surface area contributed by atoms with Crippen molar-refractivity contribution in [3.63, 3.8) is 0 Å². The first-order chi connectivity index (χ1) is 12.8. The van der Waals surface area contributed by atoms with Gasteiger partial charge in [-0.15, -0.1) is 24.0 Å². The number of hydrogen-bond acceptors (Lipinski definition) is 2. The van der Waals surface area contributed by atoms with Gasteiger partial charge < -0.3 is 19.8 Å². The predicted octanol–water partition coefficient (Wildman–Crippen LogP) is 2.91. The van der Waals surface area contributed by atoms with Crippen LogP contribution in [0.2, 0.25) is 0 Å². The molecule has 3 rings (SSSR count). The van der Waals surface area contributed by atoms with Crippen molar-refractivity contribution < 1.29 is 0 Å². The van der Waals surface area contributed by atoms with E-state index in [4.69, 9.17) is 0 Å². The molecule has 1 aromatic carbocycles. The molecular weight excluding hydrogens is 451 g/mol. The number of nitrogens with zero attached hydrogens (tertiary/aromatic N) is 4. The van der Waals surface area contributed by atoms with E-state index in [2.05, 4.69) is 66.4 Å². The summed E-state index contributed by atoms with van der Waals surface area (Å²) in [5.74, 6) is 1.80. The zero-order valence-electron chi connectivity index (χ0n) is 15.6. The average molecular weight is 478 g/mol. The Bertz CT molecular complexity index is 795. The van der Waals surface area contributed by atoms with Crippen molar-refractivity contribution in [1.29, 1.82) is 0 Å². The van der Waals surface area contributed by atoms with Crippen molar-refractivity contribution in [3.05, 3.63) is 78.6 Å². The zero-order valence-corrected chi connectivity index (χ0v) is 17.9. The molecule has 0 saturated carbocycles. The van der Waals surface area contributed by atoms with Crippen LogP contribution in [0.1, 0.15) is 11.4 Å². The van der Waals surface area contributed by atoms with Gasteiger partial charge in [0.1, 0.15) is 5.82 Å². The highest BCUT2D eigenvalue weighted by Gasteiger charge is 2.05. The minimum atomic E-state index is 0. The van der Waals surface area contributed by atoms with Crippen LogP contribution in [0.4, 0.5) is 0 Å². The van der Waals surface area contributed by atoms with Gasteiger partial charge in [-0.05, 0) is 24.1 Å². The molecule has 2 aromatic heterocycles. The van der Waals surface area contributed by atoms with E-state index in [0.717, 1.165) is 37.8 Å². The molecule has 0 amide bonds. The first kappa shape index (κ1) is 21.0. The standard InChI is InChI=1S/C20H26N6.HI/c1-21-20(23-10-15-25-12-5-6-13-25)24-17-19-22-11-16-26(19)14-9-18-7-3-2-4-8-18;/h2-8,11-13,16H,9-10,14-15,17H2,1H3,(H2,21,23,24);1H. The van der Waals surface area contributed by atoms with Gasteiger partial charge >= 0.3 is 0 Å². The van der Waals surface area contributed by atoms with Gasteiger partial charge in [0.05, 0.1) is 6.54 Å². The van der Waals surface area contributed by atoms with E-state index < -0.39 is 0 Å². The normalized spacial score (nSPS) is 11.1. The molecular formula is C20H27IN6. The van der Waals surface area contributed by atoms with Gasteiger partial charge in [-0.2, -0.15) is 0 Å². The Balaban J connectivity index is 0.00000261. The monoisotopic (exact) mass is 478 g/mol. The molecule has 0 fully saturated rings. The van der Waals surface area contributed by atoms with Crippen LogP contribution in [0.5, 0.6) is 0 Å². The lowest BCUT2D eigenvalue weighted by Crippen LogP contribution is -2.38. The lowest BCUT2D eigenvalue weighted by molar-refractivity contribution is 0.627. The molecule has 0 bridgehead atoms. The number of halogens is 1. The molecule has 0 saturated heterocycles. The average Bonchev–Trinajstić information content (AvgIpc) is 3.35. The van der Waals surface area contributed by atoms with E-state index in [1.165, 1.54) is 5.56 Å². The summed E-state index contributed by atoms with van der Waals surface area (Å²) in [6, 6.07) is 14.6. The van der Waals surface area contributed by atoms with Gasteiger partial charge in [0, 0.05) is 51.5 Å². The Kier molecular flexibility index (Phi) is 8.90. The molecule has 0 atom stereocenters. The van der Waals surface area contributed by atoms with Crippen LogP contribution in [0.15, 0.2) is 72.2 Å². The molecule has 0 aliphatic carbocycles. The van der Waals surface area contributed by atoms with Crippen molar-refractivity contribution in [2.75, 3.05) is 13.6 Å². The summed E-state index contributed by atoms with van der Waals surface area (Å²) < 4.78 is 4.32. The summed E-state index contributed by atoms with van der Waals surface area (Å²) in [4.78, 5) is 8.75. The van der Waals surface area contributed by atoms with Crippen LogP contribution in [-0.2, 0) is 26.1 Å². The van der Waals surface area contributed by atoms with Gasteiger partial charge in [-0.1, -0.05) is 30.3 Å². The summed E-state index contributed by atoms with van der Waals surface area (Å²) in [6.07, 6.45) is 8.99. The molecule has 0 aliphatic rings. The number of benzene rings is 1. The van der Waals surface area contributed by atoms with Crippen LogP contribution in [0, 0.1) is 0 Å². The predicted molar refractivity (Wildman–Crippen MR) is 120 cm³/mol. The molecule has 144 valence electrons. The highest BCUT2D eigenvalue weighted by Crippen LogP contribution is 2.04. The first-order valence-corrected chi connectivity index (χ1v) is 8.94. The van der Waals surface area contributed by atoms with E-state index in [9.17, 15) is 0 Å². The fourth-order valence-corrected chi connectivity index (χ4v) is 2.81. The maximum absolute atomic E-state index is 4.47. The van der Waals surface area contributed by atoms with Crippen molar-refractivity contribution in [1.82, 2.24) is 24.8 Å². The lowest BCUT2D eigenvalue weighted by atomic mass is 10.1. The SMILES string of the molecule is CN=C(NCCn1cccc1)NCc1nccn1CCc1ccccc1.I. The van der Waals surface area contributed by atoms with Gasteiger partial charge in [0.2, 0.25) is 0 Å². The number of nitrogens with one attached hydrogen (secondary N) is 2. The van der Waals surface area contributed by atoms with Crippen LogP contribution in [0.25, 0.3) is 0 Å². The minimum absolute atomic E-state index is 0. The van der Waals surface area contributed by atoms with Crippen molar-refractivity contribution >= 4 is 29.9 Å². The number of rotatable bonds is 8. The number of aromatic nitrogens is 3. The third kappa shape index (κ3) is 6.74. The number of aryl methyl sites for hydroxylation is 2. The lowest BCUT2D eigenvalue weighted by Gasteiger charge is -2.13. The van der Waals surface area contributed by atoms with E-state index in [0.29, 0.717) is 6.54 Å². The van der Waals surface area contributed by atoms with Crippen LogP contribution >= 0.6 is 24.0 Å². The van der Waals surface area contributed by atoms with Crippen LogP contribution < -0.4 is 10.6 Å². The fraction of sp³-hybridized carbons (Fsp3) is 0.300. The Hall–Kier alpha value is -2.29. The maximum atomic E-state index is 4.47. The second kappa shape index (κ2) is 11.4. The molecule has 0 aliphatic heterocycles. The molecule has 0 unspecified atom stereocenters.